The molecule has 7 heteroatoms. The molecular weight excluding hydrogens is 320 g/mol. The standard InChI is InChI=1S/C18H24N4O3/c1-18(2)24-11-14-9-12(3-4-15(14)25-18)10-22-7-5-13(6-8-22)16-19-17(23)21-20-16/h3-4,9,13H,5-8,10-11H2,1-2H3,(H2,19,20,21,23). The number of piperidine rings is 1. The van der Waals surface area contributed by atoms with Gasteiger partial charge in [0.05, 0.1) is 6.61 Å². The molecule has 2 aromatic rings. The van der Waals surface area contributed by atoms with Crippen LogP contribution in [0.25, 0.3) is 0 Å². The Kier molecular flexibility index (Phi) is 4.13. The Morgan fingerprint density at radius 3 is 2.84 bits per heavy atom. The van der Waals surface area contributed by atoms with Crippen LogP contribution in [0, 0.1) is 0 Å². The van der Waals surface area contributed by atoms with Crippen LogP contribution in [-0.4, -0.2) is 39.0 Å². The maximum absolute atomic E-state index is 11.2. The zero-order valence-corrected chi connectivity index (χ0v) is 14.7. The summed E-state index contributed by atoms with van der Waals surface area (Å²) in [5, 5.41) is 6.52. The van der Waals surface area contributed by atoms with Crippen molar-refractivity contribution in [2.45, 2.75) is 51.5 Å². The molecule has 2 N–H and O–H groups in total. The maximum atomic E-state index is 11.2. The number of aromatic amines is 2. The molecule has 3 heterocycles. The minimum atomic E-state index is -0.552. The molecule has 0 bridgehead atoms. The number of hydrogen-bond donors (Lipinski definition) is 2. The second-order valence-corrected chi connectivity index (χ2v) is 7.35. The molecular formula is C18H24N4O3. The number of nitrogens with zero attached hydrogens (tertiary/aromatic N) is 2. The molecule has 0 saturated carbocycles. The zero-order valence-electron chi connectivity index (χ0n) is 14.7. The van der Waals surface area contributed by atoms with Crippen molar-refractivity contribution in [3.05, 3.63) is 45.6 Å². The SMILES string of the molecule is CC1(C)OCc2cc(CN3CCC(c4n[nH]c(=O)[nH]4)CC3)ccc2O1. The number of rotatable bonds is 3. The van der Waals surface area contributed by atoms with E-state index < -0.39 is 5.79 Å². The quantitative estimate of drug-likeness (QED) is 0.891. The van der Waals surface area contributed by atoms with E-state index in [0.717, 1.165) is 49.6 Å². The van der Waals surface area contributed by atoms with Gasteiger partial charge in [0.1, 0.15) is 11.6 Å². The molecule has 0 aliphatic carbocycles. The van der Waals surface area contributed by atoms with Crippen molar-refractivity contribution >= 4 is 0 Å². The molecule has 0 spiro atoms. The van der Waals surface area contributed by atoms with Crippen LogP contribution in [0.5, 0.6) is 5.75 Å². The fraction of sp³-hybridized carbons (Fsp3) is 0.556. The highest BCUT2D eigenvalue weighted by atomic mass is 16.7. The lowest BCUT2D eigenvalue weighted by atomic mass is 9.95. The van der Waals surface area contributed by atoms with Crippen LogP contribution in [0.3, 0.4) is 0 Å². The second kappa shape index (κ2) is 6.31. The third-order valence-corrected chi connectivity index (χ3v) is 4.96. The summed E-state index contributed by atoms with van der Waals surface area (Å²) >= 11 is 0. The summed E-state index contributed by atoms with van der Waals surface area (Å²) in [5.41, 5.74) is 2.16. The van der Waals surface area contributed by atoms with Gasteiger partial charge in [-0.3, -0.25) is 9.88 Å². The number of likely N-dealkylation sites (tertiary alicyclic amines) is 1. The van der Waals surface area contributed by atoms with Gasteiger partial charge in [-0.05, 0) is 43.6 Å². The third kappa shape index (κ3) is 3.62. The van der Waals surface area contributed by atoms with Crippen LogP contribution in [-0.2, 0) is 17.9 Å². The summed E-state index contributed by atoms with van der Waals surface area (Å²) < 4.78 is 11.6. The molecule has 1 saturated heterocycles. The van der Waals surface area contributed by atoms with Crippen molar-refractivity contribution in [3.63, 3.8) is 0 Å². The highest BCUT2D eigenvalue weighted by molar-refractivity contribution is 5.38. The molecule has 1 aromatic carbocycles. The summed E-state index contributed by atoms with van der Waals surface area (Å²) in [5.74, 6) is 1.49. The van der Waals surface area contributed by atoms with Gasteiger partial charge in [0.2, 0.25) is 5.79 Å². The molecule has 1 aromatic heterocycles. The second-order valence-electron chi connectivity index (χ2n) is 7.35. The van der Waals surface area contributed by atoms with Crippen molar-refractivity contribution in [2.75, 3.05) is 13.1 Å². The van der Waals surface area contributed by atoms with Gasteiger partial charge < -0.3 is 9.47 Å². The lowest BCUT2D eigenvalue weighted by Crippen LogP contribution is -2.35. The van der Waals surface area contributed by atoms with E-state index in [1.165, 1.54) is 5.56 Å². The van der Waals surface area contributed by atoms with Crippen LogP contribution >= 0.6 is 0 Å². The highest BCUT2D eigenvalue weighted by Crippen LogP contribution is 2.32. The molecule has 7 nitrogen and oxygen atoms in total. The normalized spacial score (nSPS) is 20.9. The minimum absolute atomic E-state index is 0.223. The van der Waals surface area contributed by atoms with Gasteiger partial charge in [-0.25, -0.2) is 9.89 Å². The smallest absolute Gasteiger partial charge is 0.340 e. The monoisotopic (exact) mass is 344 g/mol. The Bertz CT molecular complexity index is 803. The lowest BCUT2D eigenvalue weighted by molar-refractivity contribution is -0.180. The van der Waals surface area contributed by atoms with Gasteiger partial charge in [0.25, 0.3) is 0 Å². The van der Waals surface area contributed by atoms with Gasteiger partial charge in [-0.15, -0.1) is 0 Å². The first-order chi connectivity index (χ1) is 12.0. The van der Waals surface area contributed by atoms with Crippen molar-refractivity contribution in [1.82, 2.24) is 20.1 Å². The number of ether oxygens (including phenoxy) is 2. The Balaban J connectivity index is 1.37. The van der Waals surface area contributed by atoms with Crippen molar-refractivity contribution < 1.29 is 9.47 Å². The Labute approximate surface area is 146 Å². The number of H-pyrrole nitrogens is 2. The average Bonchev–Trinajstić information content (AvgIpc) is 3.02. The van der Waals surface area contributed by atoms with Crippen molar-refractivity contribution in [2.24, 2.45) is 0 Å². The van der Waals surface area contributed by atoms with E-state index in [4.69, 9.17) is 9.47 Å². The number of fused-ring (bicyclic) bond motifs is 1. The molecule has 0 atom stereocenters. The molecule has 2 aliphatic rings. The van der Waals surface area contributed by atoms with Gasteiger partial charge in [0, 0.05) is 31.9 Å². The molecule has 0 amide bonds. The molecule has 0 unspecified atom stereocenters. The van der Waals surface area contributed by atoms with Gasteiger partial charge in [0.15, 0.2) is 0 Å². The molecule has 2 aliphatic heterocycles. The predicted molar refractivity (Wildman–Crippen MR) is 92.4 cm³/mol. The summed E-state index contributed by atoms with van der Waals surface area (Å²) in [6.45, 7) is 7.36. The first-order valence-electron chi connectivity index (χ1n) is 8.80. The maximum Gasteiger partial charge on any atom is 0.340 e. The van der Waals surface area contributed by atoms with Crippen LogP contribution < -0.4 is 10.4 Å². The molecule has 134 valence electrons. The van der Waals surface area contributed by atoms with Crippen molar-refractivity contribution in [3.8, 4) is 5.75 Å². The minimum Gasteiger partial charge on any atom is -0.463 e. The lowest BCUT2D eigenvalue weighted by Gasteiger charge is -2.33. The number of aromatic nitrogens is 3. The van der Waals surface area contributed by atoms with E-state index in [0.29, 0.717) is 12.5 Å². The van der Waals surface area contributed by atoms with Crippen LogP contribution in [0.2, 0.25) is 0 Å². The topological polar surface area (TPSA) is 83.2 Å². The van der Waals surface area contributed by atoms with E-state index in [-0.39, 0.29) is 5.69 Å². The largest absolute Gasteiger partial charge is 0.463 e. The van der Waals surface area contributed by atoms with Crippen LogP contribution in [0.4, 0.5) is 0 Å². The molecule has 1 fully saturated rings. The Hall–Kier alpha value is -2.12. The zero-order chi connectivity index (χ0) is 17.4. The van der Waals surface area contributed by atoms with E-state index in [9.17, 15) is 4.79 Å². The average molecular weight is 344 g/mol. The van der Waals surface area contributed by atoms with E-state index in [1.54, 1.807) is 0 Å². The summed E-state index contributed by atoms with van der Waals surface area (Å²) in [4.78, 5) is 16.4. The highest BCUT2D eigenvalue weighted by Gasteiger charge is 2.28. The van der Waals surface area contributed by atoms with Crippen molar-refractivity contribution in [1.29, 1.82) is 0 Å². The van der Waals surface area contributed by atoms with Gasteiger partial charge in [-0.1, -0.05) is 6.07 Å². The van der Waals surface area contributed by atoms with Gasteiger partial charge in [-0.2, -0.15) is 5.10 Å². The van der Waals surface area contributed by atoms with E-state index >= 15 is 0 Å². The molecule has 4 rings (SSSR count). The van der Waals surface area contributed by atoms with E-state index in [1.807, 2.05) is 13.8 Å². The number of hydrogen-bond acceptors (Lipinski definition) is 5. The summed E-state index contributed by atoms with van der Waals surface area (Å²) in [7, 11) is 0. The van der Waals surface area contributed by atoms with Crippen LogP contribution in [0.1, 0.15) is 49.6 Å². The Morgan fingerprint density at radius 2 is 2.12 bits per heavy atom. The third-order valence-electron chi connectivity index (χ3n) is 4.96. The fourth-order valence-corrected chi connectivity index (χ4v) is 3.59. The van der Waals surface area contributed by atoms with Crippen LogP contribution in [0.15, 0.2) is 23.0 Å². The Morgan fingerprint density at radius 1 is 1.32 bits per heavy atom. The first-order valence-corrected chi connectivity index (χ1v) is 8.80. The number of benzene rings is 1. The number of nitrogens with one attached hydrogen (secondary N) is 2. The first kappa shape index (κ1) is 16.4. The fourth-order valence-electron chi connectivity index (χ4n) is 3.59. The molecule has 0 radical (unpaired) electrons. The predicted octanol–water partition coefficient (Wildman–Crippen LogP) is 2.12. The summed E-state index contributed by atoms with van der Waals surface area (Å²) in [6, 6.07) is 6.37. The van der Waals surface area contributed by atoms with Gasteiger partial charge >= 0.3 is 5.69 Å². The van der Waals surface area contributed by atoms with E-state index in [2.05, 4.69) is 38.3 Å². The summed E-state index contributed by atoms with van der Waals surface area (Å²) in [6.07, 6.45) is 2.01. The molecule has 25 heavy (non-hydrogen) atoms.